The molecule has 0 bridgehead atoms. The zero-order chi connectivity index (χ0) is 10.8. The minimum atomic E-state index is 0.649. The second-order valence-electron chi connectivity index (χ2n) is 3.89. The van der Waals surface area contributed by atoms with Crippen molar-refractivity contribution in [2.75, 3.05) is 11.5 Å². The van der Waals surface area contributed by atoms with Crippen LogP contribution >= 0.6 is 23.1 Å². The van der Waals surface area contributed by atoms with E-state index in [2.05, 4.69) is 31.0 Å². The van der Waals surface area contributed by atoms with Crippen LogP contribution in [0.25, 0.3) is 10.2 Å². The summed E-state index contributed by atoms with van der Waals surface area (Å²) in [6.45, 7) is 4.46. The maximum atomic E-state index is 5.66. The average molecular weight is 238 g/mol. The van der Waals surface area contributed by atoms with Crippen molar-refractivity contribution < 1.29 is 0 Å². The highest BCUT2D eigenvalue weighted by Gasteiger charge is 2.03. The molecule has 0 aliphatic carbocycles. The van der Waals surface area contributed by atoms with Crippen LogP contribution in [-0.4, -0.2) is 10.7 Å². The molecule has 0 unspecified atom stereocenters. The van der Waals surface area contributed by atoms with Crippen molar-refractivity contribution in [1.82, 2.24) is 4.98 Å². The van der Waals surface area contributed by atoms with Gasteiger partial charge >= 0.3 is 0 Å². The molecule has 2 nitrogen and oxygen atoms in total. The number of nitrogen functional groups attached to an aromatic ring is 1. The second kappa shape index (κ2) is 4.41. The van der Waals surface area contributed by atoms with E-state index in [4.69, 9.17) is 5.73 Å². The number of fused-ring (bicyclic) bond motifs is 1. The van der Waals surface area contributed by atoms with E-state index in [1.54, 1.807) is 11.3 Å². The van der Waals surface area contributed by atoms with E-state index in [0.717, 1.165) is 17.2 Å². The summed E-state index contributed by atoms with van der Waals surface area (Å²) in [5, 5.41) is 0.649. The highest BCUT2D eigenvalue weighted by molar-refractivity contribution is 7.99. The van der Waals surface area contributed by atoms with Crippen molar-refractivity contribution >= 4 is 38.4 Å². The average Bonchev–Trinajstić information content (AvgIpc) is 2.53. The lowest BCUT2D eigenvalue weighted by molar-refractivity contribution is 0.750. The third-order valence-corrected chi connectivity index (χ3v) is 4.23. The molecule has 0 saturated carbocycles. The number of nitrogens with two attached hydrogens (primary N) is 1. The van der Waals surface area contributed by atoms with Crippen molar-refractivity contribution in [1.29, 1.82) is 0 Å². The molecule has 1 aromatic heterocycles. The van der Waals surface area contributed by atoms with Gasteiger partial charge in [0.25, 0.3) is 0 Å². The zero-order valence-electron chi connectivity index (χ0n) is 8.86. The van der Waals surface area contributed by atoms with E-state index >= 15 is 0 Å². The van der Waals surface area contributed by atoms with Crippen LogP contribution in [0.4, 0.5) is 5.13 Å². The molecule has 0 aliphatic heterocycles. The standard InChI is InChI=1S/C11H14N2S2/c1-7(2)6-14-8-3-4-9-10(5-8)15-11(12)13-9/h3-5,7H,6H2,1-2H3,(H2,12,13). The number of thiazole rings is 1. The largest absolute Gasteiger partial charge is 0.375 e. The molecule has 80 valence electrons. The summed E-state index contributed by atoms with van der Waals surface area (Å²) >= 11 is 3.44. The molecule has 15 heavy (non-hydrogen) atoms. The van der Waals surface area contributed by atoms with Crippen LogP contribution in [0.15, 0.2) is 23.1 Å². The van der Waals surface area contributed by atoms with E-state index in [0.29, 0.717) is 5.13 Å². The number of hydrogen-bond acceptors (Lipinski definition) is 4. The Morgan fingerprint density at radius 3 is 3.00 bits per heavy atom. The van der Waals surface area contributed by atoms with E-state index in [1.807, 2.05) is 17.8 Å². The molecular weight excluding hydrogens is 224 g/mol. The Morgan fingerprint density at radius 1 is 1.47 bits per heavy atom. The van der Waals surface area contributed by atoms with Crippen molar-refractivity contribution in [3.8, 4) is 0 Å². The lowest BCUT2D eigenvalue weighted by Gasteiger charge is -2.03. The maximum absolute atomic E-state index is 5.66. The maximum Gasteiger partial charge on any atom is 0.181 e. The van der Waals surface area contributed by atoms with E-state index in [-0.39, 0.29) is 0 Å². The molecule has 1 heterocycles. The topological polar surface area (TPSA) is 38.9 Å². The molecular formula is C11H14N2S2. The molecule has 2 N–H and O–H groups in total. The fourth-order valence-corrected chi connectivity index (χ4v) is 3.01. The van der Waals surface area contributed by atoms with Gasteiger partial charge in [0.15, 0.2) is 5.13 Å². The van der Waals surface area contributed by atoms with Crippen molar-refractivity contribution in [3.05, 3.63) is 18.2 Å². The van der Waals surface area contributed by atoms with Crippen molar-refractivity contribution in [3.63, 3.8) is 0 Å². The van der Waals surface area contributed by atoms with Gasteiger partial charge < -0.3 is 5.73 Å². The van der Waals surface area contributed by atoms with Gasteiger partial charge in [-0.3, -0.25) is 0 Å². The molecule has 0 amide bonds. The highest BCUT2D eigenvalue weighted by atomic mass is 32.2. The minimum Gasteiger partial charge on any atom is -0.375 e. The van der Waals surface area contributed by atoms with Gasteiger partial charge in [0.2, 0.25) is 0 Å². The Morgan fingerprint density at radius 2 is 2.27 bits per heavy atom. The molecule has 0 saturated heterocycles. The third-order valence-electron chi connectivity index (χ3n) is 1.96. The number of rotatable bonds is 3. The fraction of sp³-hybridized carbons (Fsp3) is 0.364. The number of aromatic nitrogens is 1. The van der Waals surface area contributed by atoms with Crippen LogP contribution in [-0.2, 0) is 0 Å². The number of anilines is 1. The second-order valence-corrected chi connectivity index (χ2v) is 6.04. The van der Waals surface area contributed by atoms with Gasteiger partial charge in [0.1, 0.15) is 0 Å². The van der Waals surface area contributed by atoms with E-state index < -0.39 is 0 Å². The first kappa shape index (κ1) is 10.8. The Labute approximate surface area is 97.9 Å². The normalized spacial score (nSPS) is 11.4. The molecule has 1 aromatic carbocycles. The summed E-state index contributed by atoms with van der Waals surface area (Å²) < 4.78 is 1.18. The van der Waals surface area contributed by atoms with Gasteiger partial charge in [-0.05, 0) is 24.1 Å². The number of hydrogen-bond donors (Lipinski definition) is 1. The predicted molar refractivity (Wildman–Crippen MR) is 69.6 cm³/mol. The summed E-state index contributed by atoms with van der Waals surface area (Å²) in [6.07, 6.45) is 0. The fourth-order valence-electron chi connectivity index (χ4n) is 1.28. The van der Waals surface area contributed by atoms with E-state index in [1.165, 1.54) is 9.60 Å². The SMILES string of the molecule is CC(C)CSc1ccc2nc(N)sc2c1. The van der Waals surface area contributed by atoms with Crippen LogP contribution in [0.5, 0.6) is 0 Å². The minimum absolute atomic E-state index is 0.649. The highest BCUT2D eigenvalue weighted by Crippen LogP contribution is 2.29. The van der Waals surface area contributed by atoms with Crippen LogP contribution in [0.1, 0.15) is 13.8 Å². The summed E-state index contributed by atoms with van der Waals surface area (Å²) in [5.41, 5.74) is 6.67. The number of benzene rings is 1. The summed E-state index contributed by atoms with van der Waals surface area (Å²) in [5.74, 6) is 1.87. The zero-order valence-corrected chi connectivity index (χ0v) is 10.5. The molecule has 0 radical (unpaired) electrons. The van der Waals surface area contributed by atoms with Crippen molar-refractivity contribution in [2.45, 2.75) is 18.7 Å². The lowest BCUT2D eigenvalue weighted by atomic mass is 10.3. The predicted octanol–water partition coefficient (Wildman–Crippen LogP) is 3.63. The van der Waals surface area contributed by atoms with Crippen LogP contribution in [0, 0.1) is 5.92 Å². The molecule has 0 fully saturated rings. The van der Waals surface area contributed by atoms with Gasteiger partial charge in [-0.2, -0.15) is 0 Å². The van der Waals surface area contributed by atoms with Gasteiger partial charge in [0, 0.05) is 10.6 Å². The first-order valence-corrected chi connectivity index (χ1v) is 6.74. The first-order valence-electron chi connectivity index (χ1n) is 4.94. The molecule has 0 spiro atoms. The summed E-state index contributed by atoms with van der Waals surface area (Å²) in [4.78, 5) is 5.54. The van der Waals surface area contributed by atoms with Gasteiger partial charge in [-0.15, -0.1) is 11.8 Å². The Balaban J connectivity index is 2.22. The Kier molecular flexibility index (Phi) is 3.17. The monoisotopic (exact) mass is 238 g/mol. The molecule has 2 aromatic rings. The number of thioether (sulfide) groups is 1. The Bertz CT molecular complexity index is 463. The molecule has 4 heteroatoms. The van der Waals surface area contributed by atoms with E-state index in [9.17, 15) is 0 Å². The quantitative estimate of drug-likeness (QED) is 0.830. The van der Waals surface area contributed by atoms with Gasteiger partial charge in [0.05, 0.1) is 10.2 Å². The Hall–Kier alpha value is -0.740. The molecule has 2 rings (SSSR count). The summed E-state index contributed by atoms with van der Waals surface area (Å²) in [6, 6.07) is 6.34. The van der Waals surface area contributed by atoms with Gasteiger partial charge in [-0.25, -0.2) is 4.98 Å². The summed E-state index contributed by atoms with van der Waals surface area (Å²) in [7, 11) is 0. The molecule has 0 aliphatic rings. The number of nitrogens with zero attached hydrogens (tertiary/aromatic N) is 1. The molecule has 0 atom stereocenters. The smallest absolute Gasteiger partial charge is 0.181 e. The third kappa shape index (κ3) is 2.63. The van der Waals surface area contributed by atoms with Crippen LogP contribution in [0.2, 0.25) is 0 Å². The van der Waals surface area contributed by atoms with Gasteiger partial charge in [-0.1, -0.05) is 25.2 Å². The van der Waals surface area contributed by atoms with Crippen molar-refractivity contribution in [2.24, 2.45) is 5.92 Å². The lowest BCUT2D eigenvalue weighted by Crippen LogP contribution is -1.89. The first-order chi connectivity index (χ1) is 7.15. The van der Waals surface area contributed by atoms with Crippen LogP contribution in [0.3, 0.4) is 0 Å². The van der Waals surface area contributed by atoms with Crippen LogP contribution < -0.4 is 5.73 Å².